The lowest BCUT2D eigenvalue weighted by Crippen LogP contribution is -2.04. The number of sulfone groups is 1. The lowest BCUT2D eigenvalue weighted by Gasteiger charge is -2.07. The van der Waals surface area contributed by atoms with E-state index in [4.69, 9.17) is 4.74 Å². The number of rotatable bonds is 4. The van der Waals surface area contributed by atoms with E-state index in [-0.39, 0.29) is 15.0 Å². The summed E-state index contributed by atoms with van der Waals surface area (Å²) in [5, 5.41) is 0.897. The van der Waals surface area contributed by atoms with Crippen molar-refractivity contribution in [3.63, 3.8) is 0 Å². The van der Waals surface area contributed by atoms with Gasteiger partial charge in [-0.15, -0.1) is 0 Å². The van der Waals surface area contributed by atoms with Gasteiger partial charge in [-0.05, 0) is 45.0 Å². The molecule has 6 heteroatoms. The molecule has 0 saturated carbocycles. The van der Waals surface area contributed by atoms with E-state index in [9.17, 15) is 8.42 Å². The minimum absolute atomic E-state index is 0.0329. The van der Waals surface area contributed by atoms with Crippen molar-refractivity contribution < 1.29 is 13.2 Å². The molecule has 0 spiro atoms. The fraction of sp³-hybridized carbons (Fsp3) is 0.167. The van der Waals surface area contributed by atoms with Crippen LogP contribution in [-0.4, -0.2) is 13.4 Å². The first-order valence-electron chi connectivity index (χ1n) is 7.40. The Hall–Kier alpha value is -2.18. The molecular formula is C18H17NO3S2. The standard InChI is InChI=1S/C18H17NO3S2/c1-12-4-8-15(9-5-12)22-18-17(19-14(3)23-18)24(20,21)16-10-6-13(2)7-11-16/h4-11H,1-3H3. The highest BCUT2D eigenvalue weighted by molar-refractivity contribution is 7.91. The minimum atomic E-state index is -3.72. The van der Waals surface area contributed by atoms with Crippen LogP contribution in [-0.2, 0) is 9.84 Å². The van der Waals surface area contributed by atoms with Gasteiger partial charge in [0.05, 0.1) is 9.90 Å². The van der Waals surface area contributed by atoms with Crippen molar-refractivity contribution in [2.75, 3.05) is 0 Å². The van der Waals surface area contributed by atoms with E-state index in [1.165, 1.54) is 11.3 Å². The number of benzene rings is 2. The molecule has 0 aliphatic heterocycles. The summed E-state index contributed by atoms with van der Waals surface area (Å²) in [6.45, 7) is 5.66. The number of thiazole rings is 1. The maximum absolute atomic E-state index is 12.9. The molecule has 0 N–H and O–H groups in total. The van der Waals surface area contributed by atoms with Crippen molar-refractivity contribution in [2.45, 2.75) is 30.7 Å². The minimum Gasteiger partial charge on any atom is -0.444 e. The summed E-state index contributed by atoms with van der Waals surface area (Å²) in [5.74, 6) is 0.588. The molecule has 0 amide bonds. The molecule has 4 nitrogen and oxygen atoms in total. The van der Waals surface area contributed by atoms with Gasteiger partial charge in [0.15, 0.2) is 0 Å². The monoisotopic (exact) mass is 359 g/mol. The highest BCUT2D eigenvalue weighted by atomic mass is 32.2. The third kappa shape index (κ3) is 3.34. The summed E-state index contributed by atoms with van der Waals surface area (Å²) in [4.78, 5) is 4.42. The van der Waals surface area contributed by atoms with E-state index >= 15 is 0 Å². The van der Waals surface area contributed by atoms with Gasteiger partial charge in [0.25, 0.3) is 0 Å². The van der Waals surface area contributed by atoms with E-state index in [2.05, 4.69) is 4.98 Å². The van der Waals surface area contributed by atoms with Crippen LogP contribution in [0.1, 0.15) is 16.1 Å². The quantitative estimate of drug-likeness (QED) is 0.678. The molecule has 0 fully saturated rings. The molecule has 0 saturated heterocycles. The average Bonchev–Trinajstić information content (AvgIpc) is 2.91. The molecule has 124 valence electrons. The number of nitrogens with zero attached hydrogens (tertiary/aromatic N) is 1. The predicted octanol–water partition coefficient (Wildman–Crippen LogP) is 4.69. The first-order chi connectivity index (χ1) is 11.4. The third-order valence-corrected chi connectivity index (χ3v) is 6.15. The van der Waals surface area contributed by atoms with Gasteiger partial charge < -0.3 is 4.74 Å². The molecule has 0 radical (unpaired) electrons. The fourth-order valence-electron chi connectivity index (χ4n) is 2.17. The van der Waals surface area contributed by atoms with Crippen LogP contribution in [0.25, 0.3) is 0 Å². The molecule has 0 unspecified atom stereocenters. The molecule has 0 aliphatic carbocycles. The zero-order chi connectivity index (χ0) is 17.3. The summed E-state index contributed by atoms with van der Waals surface area (Å²) in [7, 11) is -3.72. The summed E-state index contributed by atoms with van der Waals surface area (Å²) in [5.41, 5.74) is 2.11. The predicted molar refractivity (Wildman–Crippen MR) is 94.7 cm³/mol. The van der Waals surface area contributed by atoms with Crippen LogP contribution >= 0.6 is 11.3 Å². The Morgan fingerprint density at radius 1 is 0.875 bits per heavy atom. The van der Waals surface area contributed by atoms with Crippen LogP contribution in [0.15, 0.2) is 58.5 Å². The Morgan fingerprint density at radius 2 is 1.42 bits per heavy atom. The van der Waals surface area contributed by atoms with Crippen LogP contribution in [0.5, 0.6) is 10.8 Å². The van der Waals surface area contributed by atoms with Crippen LogP contribution in [0.4, 0.5) is 0 Å². The Balaban J connectivity index is 2.02. The van der Waals surface area contributed by atoms with Crippen LogP contribution in [0, 0.1) is 20.8 Å². The van der Waals surface area contributed by atoms with E-state index in [0.29, 0.717) is 10.8 Å². The molecule has 3 rings (SSSR count). The van der Waals surface area contributed by atoms with Crippen molar-refractivity contribution in [3.05, 3.63) is 64.7 Å². The van der Waals surface area contributed by atoms with Gasteiger partial charge in [0, 0.05) is 0 Å². The first kappa shape index (κ1) is 16.7. The van der Waals surface area contributed by atoms with Crippen molar-refractivity contribution in [1.29, 1.82) is 0 Å². The van der Waals surface area contributed by atoms with Crippen molar-refractivity contribution >= 4 is 21.2 Å². The van der Waals surface area contributed by atoms with Gasteiger partial charge in [-0.25, -0.2) is 13.4 Å². The SMILES string of the molecule is Cc1ccc(Oc2sc(C)nc2S(=O)(=O)c2ccc(C)cc2)cc1. The smallest absolute Gasteiger partial charge is 0.228 e. The van der Waals surface area contributed by atoms with E-state index in [1.54, 1.807) is 31.2 Å². The normalized spacial score (nSPS) is 11.5. The second-order valence-electron chi connectivity index (χ2n) is 5.56. The number of aromatic nitrogens is 1. The fourth-order valence-corrected chi connectivity index (χ4v) is 4.59. The van der Waals surface area contributed by atoms with E-state index < -0.39 is 9.84 Å². The van der Waals surface area contributed by atoms with Gasteiger partial charge in [-0.2, -0.15) is 0 Å². The Labute approximate surface area is 145 Å². The first-order valence-corrected chi connectivity index (χ1v) is 9.70. The van der Waals surface area contributed by atoms with Crippen LogP contribution in [0.3, 0.4) is 0 Å². The highest BCUT2D eigenvalue weighted by Crippen LogP contribution is 2.37. The lowest BCUT2D eigenvalue weighted by molar-refractivity contribution is 0.478. The molecule has 24 heavy (non-hydrogen) atoms. The Bertz CT molecular complexity index is 957. The number of hydrogen-bond donors (Lipinski definition) is 0. The Kier molecular flexibility index (Phi) is 4.43. The summed E-state index contributed by atoms with van der Waals surface area (Å²) in [6.07, 6.45) is 0. The van der Waals surface area contributed by atoms with Crippen LogP contribution < -0.4 is 4.74 Å². The third-order valence-electron chi connectivity index (χ3n) is 3.49. The van der Waals surface area contributed by atoms with Crippen LogP contribution in [0.2, 0.25) is 0 Å². The van der Waals surface area contributed by atoms with Crippen molar-refractivity contribution in [1.82, 2.24) is 4.98 Å². The Morgan fingerprint density at radius 3 is 2.00 bits per heavy atom. The van der Waals surface area contributed by atoms with Gasteiger partial charge in [0.1, 0.15) is 5.75 Å². The zero-order valence-electron chi connectivity index (χ0n) is 13.6. The van der Waals surface area contributed by atoms with Gasteiger partial charge in [-0.3, -0.25) is 0 Å². The molecule has 1 heterocycles. The molecule has 2 aromatic carbocycles. The van der Waals surface area contributed by atoms with Crippen molar-refractivity contribution in [2.24, 2.45) is 0 Å². The number of aryl methyl sites for hydroxylation is 3. The largest absolute Gasteiger partial charge is 0.444 e. The summed E-state index contributed by atoms with van der Waals surface area (Å²) >= 11 is 1.23. The molecular weight excluding hydrogens is 342 g/mol. The maximum Gasteiger partial charge on any atom is 0.228 e. The van der Waals surface area contributed by atoms with Gasteiger partial charge in [0.2, 0.25) is 19.9 Å². The lowest BCUT2D eigenvalue weighted by atomic mass is 10.2. The van der Waals surface area contributed by atoms with E-state index in [1.807, 2.05) is 38.1 Å². The van der Waals surface area contributed by atoms with E-state index in [0.717, 1.165) is 11.1 Å². The average molecular weight is 359 g/mol. The number of ether oxygens (including phenoxy) is 1. The number of hydrogen-bond acceptors (Lipinski definition) is 5. The molecule has 0 aliphatic rings. The zero-order valence-corrected chi connectivity index (χ0v) is 15.2. The second-order valence-corrected chi connectivity index (χ2v) is 8.59. The molecule has 0 bridgehead atoms. The second kappa shape index (κ2) is 6.37. The van der Waals surface area contributed by atoms with Gasteiger partial charge >= 0.3 is 0 Å². The highest BCUT2D eigenvalue weighted by Gasteiger charge is 2.27. The summed E-state index contributed by atoms with van der Waals surface area (Å²) < 4.78 is 31.6. The van der Waals surface area contributed by atoms with Crippen molar-refractivity contribution in [3.8, 4) is 10.8 Å². The molecule has 0 atom stereocenters. The topological polar surface area (TPSA) is 56.3 Å². The molecule has 1 aromatic heterocycles. The molecule has 3 aromatic rings. The summed E-state index contributed by atoms with van der Waals surface area (Å²) in [6, 6.07) is 14.2. The maximum atomic E-state index is 12.9. The van der Waals surface area contributed by atoms with Gasteiger partial charge in [-0.1, -0.05) is 46.7 Å².